The first-order valence-electron chi connectivity index (χ1n) is 4.87. The number of carbonyl (C=O) groups excluding carboxylic acids is 2. The predicted octanol–water partition coefficient (Wildman–Crippen LogP) is 2.67. The number of hydrogen-bond acceptors (Lipinski definition) is 2. The number of carbonyl (C=O) groups is 2. The molecule has 1 aromatic rings. The van der Waals surface area contributed by atoms with Crippen LogP contribution in [-0.2, 0) is 0 Å². The molecule has 0 radical (unpaired) electrons. The fourth-order valence-electron chi connectivity index (χ4n) is 1.32. The van der Waals surface area contributed by atoms with Crippen LogP contribution in [0.1, 0.15) is 41.5 Å². The van der Waals surface area contributed by atoms with Gasteiger partial charge >= 0.3 is 0 Å². The Labute approximate surface area is 99.6 Å². The third-order valence-electron chi connectivity index (χ3n) is 2.17. The van der Waals surface area contributed by atoms with Crippen LogP contribution in [0.15, 0.2) is 18.2 Å². The van der Waals surface area contributed by atoms with Gasteiger partial charge in [-0.1, -0.05) is 32.4 Å². The maximum absolute atomic E-state index is 12.1. The number of rotatable bonds is 2. The molecule has 0 aromatic heterocycles. The molecular formula is C12H14ClNO2. The molecule has 0 fully saturated rings. The number of nitrogens with two attached hydrogens (primary N) is 1. The molecule has 0 spiro atoms. The normalized spacial score (nSPS) is 11.2. The van der Waals surface area contributed by atoms with Gasteiger partial charge in [0.2, 0.25) is 5.91 Å². The molecule has 3 nitrogen and oxygen atoms in total. The summed E-state index contributed by atoms with van der Waals surface area (Å²) in [6.07, 6.45) is 0. The third kappa shape index (κ3) is 2.61. The van der Waals surface area contributed by atoms with E-state index in [4.69, 9.17) is 17.3 Å². The van der Waals surface area contributed by atoms with Gasteiger partial charge in [-0.25, -0.2) is 0 Å². The second-order valence-electron chi connectivity index (χ2n) is 4.63. The largest absolute Gasteiger partial charge is 0.366 e. The Morgan fingerprint density at radius 2 is 1.75 bits per heavy atom. The van der Waals surface area contributed by atoms with Gasteiger partial charge in [-0.2, -0.15) is 0 Å². The Bertz CT molecular complexity index is 447. The minimum absolute atomic E-state index is 0.149. The second-order valence-corrected chi connectivity index (χ2v) is 5.07. The highest BCUT2D eigenvalue weighted by molar-refractivity contribution is 6.31. The van der Waals surface area contributed by atoms with Crippen molar-refractivity contribution in [3.05, 3.63) is 34.3 Å². The van der Waals surface area contributed by atoms with E-state index in [2.05, 4.69) is 0 Å². The molecule has 0 heterocycles. The fraction of sp³-hybridized carbons (Fsp3) is 0.333. The molecule has 0 aliphatic carbocycles. The SMILES string of the molecule is CC(C)(C)C(=O)c1cc(Cl)ccc1C(N)=O. The molecule has 2 N–H and O–H groups in total. The second kappa shape index (κ2) is 4.26. The van der Waals surface area contributed by atoms with Gasteiger partial charge in [-0.3, -0.25) is 9.59 Å². The van der Waals surface area contributed by atoms with Gasteiger partial charge in [-0.15, -0.1) is 0 Å². The van der Waals surface area contributed by atoms with Crippen molar-refractivity contribution < 1.29 is 9.59 Å². The maximum atomic E-state index is 12.1. The molecule has 0 unspecified atom stereocenters. The summed E-state index contributed by atoms with van der Waals surface area (Å²) in [5.41, 5.74) is 5.13. The summed E-state index contributed by atoms with van der Waals surface area (Å²) in [7, 11) is 0. The summed E-state index contributed by atoms with van der Waals surface area (Å²) in [5, 5.41) is 0.414. The smallest absolute Gasteiger partial charge is 0.249 e. The highest BCUT2D eigenvalue weighted by atomic mass is 35.5. The predicted molar refractivity (Wildman–Crippen MR) is 63.8 cm³/mol. The number of amides is 1. The number of halogens is 1. The highest BCUT2D eigenvalue weighted by Crippen LogP contribution is 2.25. The molecule has 4 heteroatoms. The molecule has 86 valence electrons. The average Bonchev–Trinajstić information content (AvgIpc) is 2.14. The van der Waals surface area contributed by atoms with Crippen molar-refractivity contribution in [2.45, 2.75) is 20.8 Å². The summed E-state index contributed by atoms with van der Waals surface area (Å²) >= 11 is 5.81. The lowest BCUT2D eigenvalue weighted by Crippen LogP contribution is -2.24. The zero-order valence-corrected chi connectivity index (χ0v) is 10.3. The van der Waals surface area contributed by atoms with Crippen LogP contribution in [0, 0.1) is 5.41 Å². The topological polar surface area (TPSA) is 60.2 Å². The molecule has 0 bridgehead atoms. The van der Waals surface area contributed by atoms with Gasteiger partial charge in [-0.05, 0) is 18.2 Å². The van der Waals surface area contributed by atoms with E-state index in [1.165, 1.54) is 12.1 Å². The third-order valence-corrected chi connectivity index (χ3v) is 2.41. The minimum atomic E-state index is -0.621. The van der Waals surface area contributed by atoms with Crippen LogP contribution in [0.4, 0.5) is 0 Å². The molecule has 0 aliphatic rings. The van der Waals surface area contributed by atoms with Crippen molar-refractivity contribution in [2.24, 2.45) is 11.1 Å². The van der Waals surface area contributed by atoms with Crippen molar-refractivity contribution in [1.29, 1.82) is 0 Å². The summed E-state index contributed by atoms with van der Waals surface area (Å²) in [6.45, 7) is 5.34. The first-order chi connectivity index (χ1) is 7.23. The van der Waals surface area contributed by atoms with Crippen LogP contribution < -0.4 is 5.73 Å². The van der Waals surface area contributed by atoms with Gasteiger partial charge in [0, 0.05) is 16.0 Å². The van der Waals surface area contributed by atoms with Crippen molar-refractivity contribution >= 4 is 23.3 Å². The minimum Gasteiger partial charge on any atom is -0.366 e. The lowest BCUT2D eigenvalue weighted by molar-refractivity contribution is 0.0850. The van der Waals surface area contributed by atoms with E-state index in [1.807, 2.05) is 0 Å². The van der Waals surface area contributed by atoms with Crippen LogP contribution in [0.3, 0.4) is 0 Å². The van der Waals surface area contributed by atoms with Gasteiger partial charge < -0.3 is 5.73 Å². The lowest BCUT2D eigenvalue weighted by Gasteiger charge is -2.18. The number of ketones is 1. The monoisotopic (exact) mass is 239 g/mol. The summed E-state index contributed by atoms with van der Waals surface area (Å²) < 4.78 is 0. The van der Waals surface area contributed by atoms with Crippen LogP contribution in [0.5, 0.6) is 0 Å². The lowest BCUT2D eigenvalue weighted by atomic mass is 9.84. The number of primary amides is 1. The number of hydrogen-bond donors (Lipinski definition) is 1. The van der Waals surface area contributed by atoms with Gasteiger partial charge in [0.05, 0.1) is 5.56 Å². The Balaban J connectivity index is 3.36. The molecule has 1 rings (SSSR count). The van der Waals surface area contributed by atoms with Crippen LogP contribution in [0.2, 0.25) is 5.02 Å². The molecule has 1 amide bonds. The van der Waals surface area contributed by atoms with Gasteiger partial charge in [0.25, 0.3) is 0 Å². The van der Waals surface area contributed by atoms with Crippen LogP contribution >= 0.6 is 11.6 Å². The standard InChI is InChI=1S/C12H14ClNO2/c1-12(2,3)10(15)9-6-7(13)4-5-8(9)11(14)16/h4-6H,1-3H3,(H2,14,16). The summed E-state index contributed by atoms with van der Waals surface area (Å²) in [5.74, 6) is -0.770. The Morgan fingerprint density at radius 1 is 1.19 bits per heavy atom. The summed E-state index contributed by atoms with van der Waals surface area (Å²) in [4.78, 5) is 23.3. The Morgan fingerprint density at radius 3 is 2.19 bits per heavy atom. The molecule has 0 aliphatic heterocycles. The Kier molecular flexibility index (Phi) is 3.38. The van der Waals surface area contributed by atoms with Gasteiger partial charge in [0.15, 0.2) is 5.78 Å². The maximum Gasteiger partial charge on any atom is 0.249 e. The fourth-order valence-corrected chi connectivity index (χ4v) is 1.50. The summed E-state index contributed by atoms with van der Waals surface area (Å²) in [6, 6.07) is 4.50. The van der Waals surface area contributed by atoms with Crippen molar-refractivity contribution in [1.82, 2.24) is 0 Å². The zero-order valence-electron chi connectivity index (χ0n) is 9.50. The van der Waals surface area contributed by atoms with Crippen LogP contribution in [-0.4, -0.2) is 11.7 Å². The molecular weight excluding hydrogens is 226 g/mol. The number of Topliss-reactive ketones (excluding diaryl/α,β-unsaturated/α-hetero) is 1. The Hall–Kier alpha value is -1.35. The first kappa shape index (κ1) is 12.7. The highest BCUT2D eigenvalue weighted by Gasteiger charge is 2.26. The van der Waals surface area contributed by atoms with Crippen molar-refractivity contribution in [3.8, 4) is 0 Å². The van der Waals surface area contributed by atoms with Crippen molar-refractivity contribution in [3.63, 3.8) is 0 Å². The van der Waals surface area contributed by atoms with E-state index in [9.17, 15) is 9.59 Å². The molecule has 0 saturated carbocycles. The van der Waals surface area contributed by atoms with E-state index >= 15 is 0 Å². The van der Waals surface area contributed by atoms with E-state index in [-0.39, 0.29) is 16.9 Å². The van der Waals surface area contributed by atoms with E-state index in [0.29, 0.717) is 5.02 Å². The van der Waals surface area contributed by atoms with E-state index < -0.39 is 11.3 Å². The zero-order chi connectivity index (χ0) is 12.5. The molecule has 0 atom stereocenters. The van der Waals surface area contributed by atoms with Crippen molar-refractivity contribution in [2.75, 3.05) is 0 Å². The quantitative estimate of drug-likeness (QED) is 0.807. The number of benzene rings is 1. The first-order valence-corrected chi connectivity index (χ1v) is 5.25. The molecule has 16 heavy (non-hydrogen) atoms. The van der Waals surface area contributed by atoms with E-state index in [0.717, 1.165) is 0 Å². The van der Waals surface area contributed by atoms with Gasteiger partial charge in [0.1, 0.15) is 0 Å². The molecule has 1 aromatic carbocycles. The van der Waals surface area contributed by atoms with E-state index in [1.54, 1.807) is 26.8 Å². The van der Waals surface area contributed by atoms with Crippen LogP contribution in [0.25, 0.3) is 0 Å². The average molecular weight is 240 g/mol. The molecule has 0 saturated heterocycles.